The van der Waals surface area contributed by atoms with Crippen molar-refractivity contribution in [2.75, 3.05) is 7.05 Å². The molecule has 1 aromatic heterocycles. The monoisotopic (exact) mass is 411 g/mol. The van der Waals surface area contributed by atoms with Crippen molar-refractivity contribution in [3.8, 4) is 11.5 Å². The molecule has 2 heterocycles. The smallest absolute Gasteiger partial charge is 0.290 e. The standard InChI is InChI=1S/C26H21NO4/c1-15-12-20-21(13-16(15)2)31-25-22(24(20)28)23(27(3)26(25)29)17-8-7-11-19(14-17)30-18-9-5-4-6-10-18/h4-14,23H,1-3H3. The van der Waals surface area contributed by atoms with E-state index in [2.05, 4.69) is 0 Å². The zero-order chi connectivity index (χ0) is 21.7. The van der Waals surface area contributed by atoms with Gasteiger partial charge >= 0.3 is 0 Å². The van der Waals surface area contributed by atoms with Gasteiger partial charge in [0.2, 0.25) is 5.76 Å². The molecule has 0 radical (unpaired) electrons. The molecule has 0 saturated heterocycles. The highest BCUT2D eigenvalue weighted by Gasteiger charge is 2.40. The summed E-state index contributed by atoms with van der Waals surface area (Å²) in [5.41, 5.74) is 3.45. The first-order valence-electron chi connectivity index (χ1n) is 10.1. The summed E-state index contributed by atoms with van der Waals surface area (Å²) in [6.45, 7) is 3.91. The van der Waals surface area contributed by atoms with Gasteiger partial charge in [-0.2, -0.15) is 0 Å². The van der Waals surface area contributed by atoms with Crippen molar-refractivity contribution in [3.05, 3.63) is 105 Å². The molecule has 5 nitrogen and oxygen atoms in total. The second kappa shape index (κ2) is 7.13. The van der Waals surface area contributed by atoms with Gasteiger partial charge in [0.15, 0.2) is 5.43 Å². The molecule has 1 unspecified atom stereocenters. The van der Waals surface area contributed by atoms with E-state index in [9.17, 15) is 9.59 Å². The zero-order valence-electron chi connectivity index (χ0n) is 17.5. The van der Waals surface area contributed by atoms with Gasteiger partial charge in [0.25, 0.3) is 5.91 Å². The number of rotatable bonds is 3. The van der Waals surface area contributed by atoms with E-state index < -0.39 is 6.04 Å². The summed E-state index contributed by atoms with van der Waals surface area (Å²) >= 11 is 0. The number of nitrogens with zero attached hydrogens (tertiary/aromatic N) is 1. The number of hydrogen-bond donors (Lipinski definition) is 0. The van der Waals surface area contributed by atoms with Gasteiger partial charge in [-0.25, -0.2) is 0 Å². The van der Waals surface area contributed by atoms with Gasteiger partial charge < -0.3 is 14.1 Å². The number of ether oxygens (including phenoxy) is 1. The fraction of sp³-hybridized carbons (Fsp3) is 0.154. The SMILES string of the molecule is Cc1cc2oc3c(c(=O)c2cc1C)C(c1cccc(Oc2ccccc2)c1)N(C)C3=O. The minimum Gasteiger partial charge on any atom is -0.457 e. The molecule has 154 valence electrons. The number of carbonyl (C=O) groups is 1. The average molecular weight is 411 g/mol. The molecule has 1 atom stereocenters. The third kappa shape index (κ3) is 3.10. The van der Waals surface area contributed by atoms with Crippen molar-refractivity contribution in [2.45, 2.75) is 19.9 Å². The maximum Gasteiger partial charge on any atom is 0.290 e. The molecule has 0 fully saturated rings. The molecule has 0 spiro atoms. The molecular weight excluding hydrogens is 390 g/mol. The Kier molecular flexibility index (Phi) is 4.40. The number of hydrogen-bond acceptors (Lipinski definition) is 4. The van der Waals surface area contributed by atoms with Crippen molar-refractivity contribution in [2.24, 2.45) is 0 Å². The predicted octanol–water partition coefficient (Wildman–Crippen LogP) is 5.38. The molecule has 0 bridgehead atoms. The number of amides is 1. The Morgan fingerprint density at radius 3 is 2.35 bits per heavy atom. The minimum absolute atomic E-state index is 0.114. The Morgan fingerprint density at radius 2 is 1.58 bits per heavy atom. The van der Waals surface area contributed by atoms with Gasteiger partial charge in [-0.15, -0.1) is 0 Å². The molecule has 0 N–H and O–H groups in total. The molecule has 5 heteroatoms. The summed E-state index contributed by atoms with van der Waals surface area (Å²) in [7, 11) is 1.69. The minimum atomic E-state index is -0.538. The van der Waals surface area contributed by atoms with Crippen LogP contribution in [0.15, 0.2) is 75.9 Å². The summed E-state index contributed by atoms with van der Waals surface area (Å²) in [5.74, 6) is 1.16. The summed E-state index contributed by atoms with van der Waals surface area (Å²) in [4.78, 5) is 28.0. The fourth-order valence-corrected chi connectivity index (χ4v) is 4.11. The van der Waals surface area contributed by atoms with E-state index >= 15 is 0 Å². The van der Waals surface area contributed by atoms with Gasteiger partial charge in [0, 0.05) is 7.05 Å². The van der Waals surface area contributed by atoms with Gasteiger partial charge in [-0.1, -0.05) is 30.3 Å². The first kappa shape index (κ1) is 19.1. The van der Waals surface area contributed by atoms with E-state index in [1.807, 2.05) is 80.6 Å². The summed E-state index contributed by atoms with van der Waals surface area (Å²) in [6.07, 6.45) is 0. The molecule has 1 aliphatic rings. The van der Waals surface area contributed by atoms with E-state index in [0.29, 0.717) is 28.0 Å². The maximum absolute atomic E-state index is 13.5. The predicted molar refractivity (Wildman–Crippen MR) is 119 cm³/mol. The van der Waals surface area contributed by atoms with Crippen molar-refractivity contribution in [1.29, 1.82) is 0 Å². The maximum atomic E-state index is 13.5. The van der Waals surface area contributed by atoms with E-state index in [4.69, 9.17) is 9.15 Å². The van der Waals surface area contributed by atoms with Crippen molar-refractivity contribution < 1.29 is 13.9 Å². The van der Waals surface area contributed by atoms with Gasteiger partial charge in [0.1, 0.15) is 17.1 Å². The van der Waals surface area contributed by atoms with E-state index in [0.717, 1.165) is 16.7 Å². The van der Waals surface area contributed by atoms with Crippen molar-refractivity contribution >= 4 is 16.9 Å². The normalized spacial score (nSPS) is 15.4. The topological polar surface area (TPSA) is 59.8 Å². The molecule has 1 amide bonds. The highest BCUT2D eigenvalue weighted by atomic mass is 16.5. The first-order valence-corrected chi connectivity index (χ1v) is 10.1. The van der Waals surface area contributed by atoms with Crippen LogP contribution in [0.25, 0.3) is 11.0 Å². The average Bonchev–Trinajstić information content (AvgIpc) is 3.01. The lowest BCUT2D eigenvalue weighted by molar-refractivity contribution is 0.0771. The summed E-state index contributed by atoms with van der Waals surface area (Å²) < 4.78 is 11.9. The Hall–Kier alpha value is -3.86. The van der Waals surface area contributed by atoms with Crippen LogP contribution in [0.1, 0.15) is 38.9 Å². The second-order valence-corrected chi connectivity index (χ2v) is 7.91. The Balaban J connectivity index is 1.65. The number of para-hydroxylation sites is 1. The molecule has 1 aliphatic heterocycles. The van der Waals surface area contributed by atoms with Gasteiger partial charge in [-0.05, 0) is 66.9 Å². The Labute approximate surface area is 179 Å². The van der Waals surface area contributed by atoms with Crippen molar-refractivity contribution in [1.82, 2.24) is 4.90 Å². The third-order valence-corrected chi connectivity index (χ3v) is 5.87. The molecule has 0 aliphatic carbocycles. The number of carbonyl (C=O) groups excluding carboxylic acids is 1. The zero-order valence-corrected chi connectivity index (χ0v) is 17.5. The lowest BCUT2D eigenvalue weighted by Crippen LogP contribution is -2.25. The number of benzene rings is 3. The van der Waals surface area contributed by atoms with Crippen LogP contribution in [0.4, 0.5) is 0 Å². The molecule has 5 rings (SSSR count). The highest BCUT2D eigenvalue weighted by molar-refractivity contribution is 5.99. The van der Waals surface area contributed by atoms with Crippen LogP contribution in [-0.4, -0.2) is 17.9 Å². The van der Waals surface area contributed by atoms with Crippen LogP contribution < -0.4 is 10.2 Å². The molecule has 4 aromatic rings. The fourth-order valence-electron chi connectivity index (χ4n) is 4.11. The first-order chi connectivity index (χ1) is 14.9. The van der Waals surface area contributed by atoms with E-state index in [-0.39, 0.29) is 17.1 Å². The highest BCUT2D eigenvalue weighted by Crippen LogP contribution is 2.38. The summed E-state index contributed by atoms with van der Waals surface area (Å²) in [5, 5.41) is 0.492. The molecular formula is C26H21NO4. The van der Waals surface area contributed by atoms with Crippen LogP contribution in [0.2, 0.25) is 0 Å². The van der Waals surface area contributed by atoms with Gasteiger partial charge in [0.05, 0.1) is 17.0 Å². The van der Waals surface area contributed by atoms with E-state index in [1.165, 1.54) is 0 Å². The number of aryl methyl sites for hydroxylation is 2. The summed E-state index contributed by atoms with van der Waals surface area (Å²) in [6, 6.07) is 20.1. The molecule has 0 saturated carbocycles. The lowest BCUT2D eigenvalue weighted by atomic mass is 9.97. The van der Waals surface area contributed by atoms with Crippen LogP contribution >= 0.6 is 0 Å². The largest absolute Gasteiger partial charge is 0.457 e. The second-order valence-electron chi connectivity index (χ2n) is 7.91. The van der Waals surface area contributed by atoms with Crippen LogP contribution in [0, 0.1) is 13.8 Å². The van der Waals surface area contributed by atoms with Crippen LogP contribution in [-0.2, 0) is 0 Å². The Bertz CT molecular complexity index is 1390. The molecule has 31 heavy (non-hydrogen) atoms. The van der Waals surface area contributed by atoms with Crippen LogP contribution in [0.5, 0.6) is 11.5 Å². The molecule has 3 aromatic carbocycles. The van der Waals surface area contributed by atoms with Crippen molar-refractivity contribution in [3.63, 3.8) is 0 Å². The third-order valence-electron chi connectivity index (χ3n) is 5.87. The number of fused-ring (bicyclic) bond motifs is 2. The van der Waals surface area contributed by atoms with E-state index in [1.54, 1.807) is 11.9 Å². The Morgan fingerprint density at radius 1 is 0.871 bits per heavy atom. The van der Waals surface area contributed by atoms with Gasteiger partial charge in [-0.3, -0.25) is 9.59 Å². The quantitative estimate of drug-likeness (QED) is 0.454. The lowest BCUT2D eigenvalue weighted by Gasteiger charge is -2.21. The van der Waals surface area contributed by atoms with Crippen LogP contribution in [0.3, 0.4) is 0 Å².